The van der Waals surface area contributed by atoms with E-state index in [1.165, 1.54) is 0 Å². The van der Waals surface area contributed by atoms with Crippen LogP contribution in [-0.2, 0) is 12.0 Å². The molecule has 1 atom stereocenters. The van der Waals surface area contributed by atoms with Crippen LogP contribution >= 0.6 is 0 Å². The van der Waals surface area contributed by atoms with Crippen molar-refractivity contribution in [3.05, 3.63) is 77.6 Å². The molecule has 6 heteroatoms. The summed E-state index contributed by atoms with van der Waals surface area (Å²) in [5.41, 5.74) is 2.06. The number of carbonyl (C=O) groups excluding carboxylic acids is 1. The van der Waals surface area contributed by atoms with Gasteiger partial charge in [0.05, 0.1) is 18.4 Å². The number of aromatic nitrogens is 3. The van der Waals surface area contributed by atoms with E-state index in [2.05, 4.69) is 15.6 Å². The molecule has 3 aromatic rings. The molecule has 0 bridgehead atoms. The van der Waals surface area contributed by atoms with Gasteiger partial charge in [-0.3, -0.25) is 4.79 Å². The van der Waals surface area contributed by atoms with Crippen LogP contribution in [-0.4, -0.2) is 32.6 Å². The number of nitrogens with one attached hydrogen (secondary N) is 1. The Labute approximate surface area is 151 Å². The molecular formula is C20H20N4O2. The number of carbonyl (C=O) groups is 1. The first-order chi connectivity index (χ1) is 12.7. The first kappa shape index (κ1) is 16.5. The van der Waals surface area contributed by atoms with Crippen LogP contribution in [0.15, 0.2) is 60.8 Å². The summed E-state index contributed by atoms with van der Waals surface area (Å²) in [6, 6.07) is 17.3. The quantitative estimate of drug-likeness (QED) is 0.758. The van der Waals surface area contributed by atoms with Gasteiger partial charge in [0.1, 0.15) is 5.60 Å². The maximum atomic E-state index is 12.4. The number of hydrogen-bond acceptors (Lipinski definition) is 4. The molecule has 1 aromatic heterocycles. The van der Waals surface area contributed by atoms with E-state index in [4.69, 9.17) is 0 Å². The van der Waals surface area contributed by atoms with Crippen molar-refractivity contribution in [2.75, 3.05) is 6.54 Å². The van der Waals surface area contributed by atoms with Crippen molar-refractivity contribution in [3.8, 4) is 5.69 Å². The summed E-state index contributed by atoms with van der Waals surface area (Å²) in [5, 5.41) is 21.8. The van der Waals surface area contributed by atoms with Crippen LogP contribution in [0.2, 0.25) is 0 Å². The molecule has 132 valence electrons. The highest BCUT2D eigenvalue weighted by Gasteiger charge is 2.34. The van der Waals surface area contributed by atoms with Crippen LogP contribution in [0.4, 0.5) is 0 Å². The lowest BCUT2D eigenvalue weighted by atomic mass is 9.79. The maximum Gasteiger partial charge on any atom is 0.273 e. The first-order valence-corrected chi connectivity index (χ1v) is 8.72. The lowest BCUT2D eigenvalue weighted by molar-refractivity contribution is 0.0189. The summed E-state index contributed by atoms with van der Waals surface area (Å²) in [4.78, 5) is 12.4. The molecule has 4 rings (SSSR count). The van der Waals surface area contributed by atoms with E-state index in [0.717, 1.165) is 29.7 Å². The van der Waals surface area contributed by atoms with Gasteiger partial charge in [0.15, 0.2) is 5.69 Å². The Morgan fingerprint density at radius 2 is 1.92 bits per heavy atom. The van der Waals surface area contributed by atoms with Crippen molar-refractivity contribution in [1.82, 2.24) is 20.3 Å². The zero-order valence-corrected chi connectivity index (χ0v) is 14.3. The molecule has 26 heavy (non-hydrogen) atoms. The van der Waals surface area contributed by atoms with Crippen LogP contribution in [0.1, 0.15) is 34.5 Å². The number of aryl methyl sites for hydroxylation is 1. The van der Waals surface area contributed by atoms with Crippen LogP contribution in [0.5, 0.6) is 0 Å². The predicted molar refractivity (Wildman–Crippen MR) is 97.0 cm³/mol. The van der Waals surface area contributed by atoms with Gasteiger partial charge in [-0.2, -0.15) is 0 Å². The summed E-state index contributed by atoms with van der Waals surface area (Å²) in [5.74, 6) is -0.344. The van der Waals surface area contributed by atoms with Gasteiger partial charge < -0.3 is 10.4 Å². The Balaban J connectivity index is 1.47. The van der Waals surface area contributed by atoms with Gasteiger partial charge in [0, 0.05) is 0 Å². The number of aliphatic hydroxyl groups is 1. The largest absolute Gasteiger partial charge is 0.383 e. The fourth-order valence-corrected chi connectivity index (χ4v) is 3.47. The summed E-state index contributed by atoms with van der Waals surface area (Å²) in [6.07, 6.45) is 4.07. The second-order valence-corrected chi connectivity index (χ2v) is 6.61. The molecule has 1 amide bonds. The molecule has 1 aliphatic rings. The van der Waals surface area contributed by atoms with Gasteiger partial charge in [0.25, 0.3) is 5.91 Å². The highest BCUT2D eigenvalue weighted by atomic mass is 16.3. The molecule has 2 aromatic carbocycles. The lowest BCUT2D eigenvalue weighted by Crippen LogP contribution is -2.43. The SMILES string of the molecule is O=C(NCC1(O)CCCc2ccccc21)c1cn(-c2ccccc2)nn1. The summed E-state index contributed by atoms with van der Waals surface area (Å²) in [6.45, 7) is 0.154. The number of benzene rings is 2. The molecule has 6 nitrogen and oxygen atoms in total. The standard InChI is InChI=1S/C20H20N4O2/c25-19(18-13-24(23-22-18)16-9-2-1-3-10-16)21-14-20(26)12-6-8-15-7-4-5-11-17(15)20/h1-5,7,9-11,13,26H,6,8,12,14H2,(H,21,25). The molecule has 0 saturated heterocycles. The highest BCUT2D eigenvalue weighted by Crippen LogP contribution is 2.34. The molecule has 0 spiro atoms. The van der Waals surface area contributed by atoms with Crippen LogP contribution in [0.3, 0.4) is 0 Å². The van der Waals surface area contributed by atoms with Crippen LogP contribution in [0.25, 0.3) is 5.69 Å². The minimum Gasteiger partial charge on any atom is -0.383 e. The molecule has 1 unspecified atom stereocenters. The predicted octanol–water partition coefficient (Wildman–Crippen LogP) is 2.22. The molecule has 1 aliphatic carbocycles. The Morgan fingerprint density at radius 1 is 1.15 bits per heavy atom. The molecule has 0 saturated carbocycles. The maximum absolute atomic E-state index is 12.4. The lowest BCUT2D eigenvalue weighted by Gasteiger charge is -2.34. The van der Waals surface area contributed by atoms with Gasteiger partial charge in [-0.1, -0.05) is 47.7 Å². The third-order valence-corrected chi connectivity index (χ3v) is 4.84. The van der Waals surface area contributed by atoms with Crippen molar-refractivity contribution in [3.63, 3.8) is 0 Å². The van der Waals surface area contributed by atoms with Crippen molar-refractivity contribution in [2.24, 2.45) is 0 Å². The van der Waals surface area contributed by atoms with E-state index in [1.807, 2.05) is 54.6 Å². The van der Waals surface area contributed by atoms with Gasteiger partial charge in [-0.15, -0.1) is 5.10 Å². The summed E-state index contributed by atoms with van der Waals surface area (Å²) < 4.78 is 1.56. The Morgan fingerprint density at radius 3 is 2.77 bits per heavy atom. The molecule has 2 N–H and O–H groups in total. The molecule has 0 radical (unpaired) electrons. The molecule has 0 aliphatic heterocycles. The average Bonchev–Trinajstić information content (AvgIpc) is 3.18. The first-order valence-electron chi connectivity index (χ1n) is 8.72. The number of nitrogens with zero attached hydrogens (tertiary/aromatic N) is 3. The number of fused-ring (bicyclic) bond motifs is 1. The average molecular weight is 348 g/mol. The summed E-state index contributed by atoms with van der Waals surface area (Å²) in [7, 11) is 0. The fraction of sp³-hybridized carbons (Fsp3) is 0.250. The topological polar surface area (TPSA) is 80.0 Å². The van der Waals surface area contributed by atoms with Gasteiger partial charge >= 0.3 is 0 Å². The van der Waals surface area contributed by atoms with E-state index in [0.29, 0.717) is 6.42 Å². The van der Waals surface area contributed by atoms with Gasteiger partial charge in [-0.05, 0) is 42.5 Å². The number of rotatable bonds is 4. The number of hydrogen-bond donors (Lipinski definition) is 2. The van der Waals surface area contributed by atoms with Crippen molar-refractivity contribution >= 4 is 5.91 Å². The third kappa shape index (κ3) is 3.11. The van der Waals surface area contributed by atoms with Crippen molar-refractivity contribution < 1.29 is 9.90 Å². The molecular weight excluding hydrogens is 328 g/mol. The van der Waals surface area contributed by atoms with Crippen LogP contribution < -0.4 is 5.32 Å². The van der Waals surface area contributed by atoms with E-state index < -0.39 is 5.60 Å². The third-order valence-electron chi connectivity index (χ3n) is 4.84. The van der Waals surface area contributed by atoms with E-state index in [9.17, 15) is 9.90 Å². The minimum absolute atomic E-state index is 0.154. The summed E-state index contributed by atoms with van der Waals surface area (Å²) >= 11 is 0. The number of amides is 1. The normalized spacial score (nSPS) is 19.0. The van der Waals surface area contributed by atoms with Gasteiger partial charge in [0.2, 0.25) is 0 Å². The second kappa shape index (κ2) is 6.72. The van der Waals surface area contributed by atoms with Crippen molar-refractivity contribution in [1.29, 1.82) is 0 Å². The Bertz CT molecular complexity index is 922. The van der Waals surface area contributed by atoms with Crippen LogP contribution in [0, 0.1) is 0 Å². The molecule has 0 fully saturated rings. The fourth-order valence-electron chi connectivity index (χ4n) is 3.47. The smallest absolute Gasteiger partial charge is 0.273 e. The minimum atomic E-state index is -1.04. The van der Waals surface area contributed by atoms with Crippen molar-refractivity contribution in [2.45, 2.75) is 24.9 Å². The van der Waals surface area contributed by atoms with E-state index in [-0.39, 0.29) is 18.1 Å². The zero-order valence-electron chi connectivity index (χ0n) is 14.3. The van der Waals surface area contributed by atoms with E-state index in [1.54, 1.807) is 10.9 Å². The zero-order chi connectivity index (χ0) is 18.0. The monoisotopic (exact) mass is 348 g/mol. The Kier molecular flexibility index (Phi) is 4.26. The molecule has 1 heterocycles. The van der Waals surface area contributed by atoms with E-state index >= 15 is 0 Å². The highest BCUT2D eigenvalue weighted by molar-refractivity contribution is 5.92. The number of para-hydroxylation sites is 1. The van der Waals surface area contributed by atoms with Gasteiger partial charge in [-0.25, -0.2) is 4.68 Å². The second-order valence-electron chi connectivity index (χ2n) is 6.61. The Hall–Kier alpha value is -2.99.